The van der Waals surface area contributed by atoms with E-state index in [0.29, 0.717) is 0 Å². The van der Waals surface area contributed by atoms with Gasteiger partial charge in [0.05, 0.1) is 38.5 Å². The molecule has 0 aromatic heterocycles. The number of ketones is 1. The second kappa shape index (κ2) is 15.6. The molecule has 34 heavy (non-hydrogen) atoms. The maximum atomic E-state index is 12.4. The molecule has 15 heteroatoms. The summed E-state index contributed by atoms with van der Waals surface area (Å²) in [6.07, 6.45) is -1.48. The van der Waals surface area contributed by atoms with Crippen molar-refractivity contribution in [3.05, 3.63) is 0 Å². The summed E-state index contributed by atoms with van der Waals surface area (Å²) >= 11 is 4.02. The summed E-state index contributed by atoms with van der Waals surface area (Å²) in [5, 5.41) is 28.8. The van der Waals surface area contributed by atoms with Gasteiger partial charge in [0.25, 0.3) is 0 Å². The summed E-state index contributed by atoms with van der Waals surface area (Å²) in [5.41, 5.74) is 0. The first-order chi connectivity index (χ1) is 15.7. The Labute approximate surface area is 201 Å². The summed E-state index contributed by atoms with van der Waals surface area (Å²) < 4.78 is 0. The lowest BCUT2D eigenvalue weighted by atomic mass is 10.1. The SMILES string of the molecule is CC(S)NC(CC(=O)O)C(=O)NC(CC(=O)O)C(=O)NCC(=O)NCC(=O)NCC(=O)C(C)C. The molecule has 3 unspecified atom stereocenters. The monoisotopic (exact) mass is 505 g/mol. The van der Waals surface area contributed by atoms with Gasteiger partial charge in [-0.15, -0.1) is 0 Å². The average Bonchev–Trinajstić information content (AvgIpc) is 2.71. The van der Waals surface area contributed by atoms with Crippen LogP contribution in [0.15, 0.2) is 0 Å². The quantitative estimate of drug-likeness (QED) is 0.0797. The molecule has 3 atom stereocenters. The molecule has 0 aromatic rings. The number of hydrogen-bond acceptors (Lipinski definition) is 9. The Hall–Kier alpha value is -3.20. The van der Waals surface area contributed by atoms with E-state index in [1.807, 2.05) is 0 Å². The third-order valence-corrected chi connectivity index (χ3v) is 4.27. The maximum absolute atomic E-state index is 12.4. The van der Waals surface area contributed by atoms with Crippen LogP contribution in [0.5, 0.6) is 0 Å². The number of carbonyl (C=O) groups is 7. The Morgan fingerprint density at radius 1 is 0.706 bits per heavy atom. The highest BCUT2D eigenvalue weighted by Crippen LogP contribution is 2.01. The number of Topliss-reactive ketones (excluding diaryl/α,β-unsaturated/α-hetero) is 1. The van der Waals surface area contributed by atoms with Gasteiger partial charge in [0.2, 0.25) is 23.6 Å². The average molecular weight is 506 g/mol. The van der Waals surface area contributed by atoms with Gasteiger partial charge in [-0.2, -0.15) is 12.6 Å². The van der Waals surface area contributed by atoms with Crippen molar-refractivity contribution in [2.75, 3.05) is 19.6 Å². The van der Waals surface area contributed by atoms with Gasteiger partial charge in [-0.1, -0.05) is 13.8 Å². The first kappa shape index (κ1) is 30.8. The number of thiol groups is 1. The van der Waals surface area contributed by atoms with E-state index in [2.05, 4.69) is 39.2 Å². The van der Waals surface area contributed by atoms with Crippen molar-refractivity contribution < 1.29 is 43.8 Å². The number of nitrogens with one attached hydrogen (secondary N) is 5. The van der Waals surface area contributed by atoms with Gasteiger partial charge < -0.3 is 31.5 Å². The van der Waals surface area contributed by atoms with Crippen LogP contribution >= 0.6 is 12.6 Å². The first-order valence-electron chi connectivity index (χ1n) is 10.2. The lowest BCUT2D eigenvalue weighted by Crippen LogP contribution is -2.55. The standard InChI is InChI=1S/C19H31N5O9S/c1-9(2)13(25)6-20-14(26)7-21-15(27)8-22-18(32)11(4-16(28)29)24-19(33)12(5-17(30)31)23-10(3)34/h9-12,23,34H,4-8H2,1-3H3,(H,20,26)(H,21,27)(H,22,32)(H,24,33)(H,28,29)(H,30,31). The van der Waals surface area contributed by atoms with Crippen molar-refractivity contribution in [3.63, 3.8) is 0 Å². The van der Waals surface area contributed by atoms with Gasteiger partial charge >= 0.3 is 11.9 Å². The van der Waals surface area contributed by atoms with E-state index in [1.165, 1.54) is 6.92 Å². The molecule has 4 amide bonds. The van der Waals surface area contributed by atoms with Crippen LogP contribution in [0.1, 0.15) is 33.6 Å². The van der Waals surface area contributed by atoms with Crippen LogP contribution in [0, 0.1) is 5.92 Å². The minimum absolute atomic E-state index is 0.191. The largest absolute Gasteiger partial charge is 0.481 e. The van der Waals surface area contributed by atoms with Crippen molar-refractivity contribution in [1.29, 1.82) is 0 Å². The topological polar surface area (TPSA) is 220 Å². The molecule has 0 rings (SSSR count). The predicted octanol–water partition coefficient (Wildman–Crippen LogP) is -2.77. The van der Waals surface area contributed by atoms with Crippen LogP contribution in [-0.4, -0.2) is 88.7 Å². The minimum Gasteiger partial charge on any atom is -0.481 e. The fourth-order valence-corrected chi connectivity index (χ4v) is 2.51. The highest BCUT2D eigenvalue weighted by molar-refractivity contribution is 7.80. The van der Waals surface area contributed by atoms with E-state index in [0.717, 1.165) is 0 Å². The third-order valence-electron chi connectivity index (χ3n) is 4.12. The van der Waals surface area contributed by atoms with Crippen LogP contribution in [0.2, 0.25) is 0 Å². The van der Waals surface area contributed by atoms with E-state index < -0.39 is 79.0 Å². The molecule has 0 fully saturated rings. The van der Waals surface area contributed by atoms with Gasteiger partial charge in [-0.05, 0) is 6.92 Å². The van der Waals surface area contributed by atoms with Gasteiger partial charge in [0, 0.05) is 11.3 Å². The van der Waals surface area contributed by atoms with Crippen molar-refractivity contribution in [2.24, 2.45) is 5.92 Å². The normalized spacial score (nSPS) is 13.2. The molecule has 0 saturated heterocycles. The van der Waals surface area contributed by atoms with Gasteiger partial charge in [-0.25, -0.2) is 0 Å². The van der Waals surface area contributed by atoms with Crippen LogP contribution in [0.3, 0.4) is 0 Å². The number of aliphatic carboxylic acids is 2. The second-order valence-electron chi connectivity index (χ2n) is 7.54. The Bertz CT molecular complexity index is 788. The zero-order chi connectivity index (χ0) is 26.4. The molecule has 0 aliphatic rings. The van der Waals surface area contributed by atoms with Crippen LogP contribution in [0.25, 0.3) is 0 Å². The number of carboxylic acid groups (broad SMARTS) is 2. The summed E-state index contributed by atoms with van der Waals surface area (Å²) in [4.78, 5) is 81.7. The molecule has 0 spiro atoms. The highest BCUT2D eigenvalue weighted by atomic mass is 32.1. The first-order valence-corrected chi connectivity index (χ1v) is 10.8. The summed E-state index contributed by atoms with van der Waals surface area (Å²) in [6, 6.07) is -2.89. The lowest BCUT2D eigenvalue weighted by Gasteiger charge is -2.22. The van der Waals surface area contributed by atoms with E-state index >= 15 is 0 Å². The molecular formula is C19H31N5O9S. The zero-order valence-electron chi connectivity index (χ0n) is 19.0. The van der Waals surface area contributed by atoms with E-state index in [9.17, 15) is 33.6 Å². The third kappa shape index (κ3) is 14.1. The van der Waals surface area contributed by atoms with Crippen molar-refractivity contribution in [3.8, 4) is 0 Å². The Balaban J connectivity index is 4.82. The Morgan fingerprint density at radius 2 is 1.18 bits per heavy atom. The van der Waals surface area contributed by atoms with E-state index in [4.69, 9.17) is 10.2 Å². The minimum atomic E-state index is -1.60. The van der Waals surface area contributed by atoms with Crippen molar-refractivity contribution in [1.82, 2.24) is 26.6 Å². The molecule has 0 bridgehead atoms. The molecule has 14 nitrogen and oxygen atoms in total. The summed E-state index contributed by atoms with van der Waals surface area (Å²) in [7, 11) is 0. The number of carbonyl (C=O) groups excluding carboxylic acids is 5. The molecular weight excluding hydrogens is 474 g/mol. The highest BCUT2D eigenvalue weighted by Gasteiger charge is 2.29. The molecule has 192 valence electrons. The fraction of sp³-hybridized carbons (Fsp3) is 0.632. The van der Waals surface area contributed by atoms with Crippen molar-refractivity contribution >= 4 is 54.0 Å². The van der Waals surface area contributed by atoms with Gasteiger partial charge in [-0.3, -0.25) is 38.9 Å². The van der Waals surface area contributed by atoms with E-state index in [-0.39, 0.29) is 18.2 Å². The summed E-state index contributed by atoms with van der Waals surface area (Å²) in [6.45, 7) is 3.59. The molecule has 0 radical (unpaired) electrons. The number of hydrogen-bond donors (Lipinski definition) is 8. The number of amides is 4. The molecule has 7 N–H and O–H groups in total. The molecule has 0 aliphatic carbocycles. The second-order valence-corrected chi connectivity index (χ2v) is 8.32. The predicted molar refractivity (Wildman–Crippen MR) is 121 cm³/mol. The maximum Gasteiger partial charge on any atom is 0.305 e. The Morgan fingerprint density at radius 3 is 1.65 bits per heavy atom. The van der Waals surface area contributed by atoms with Crippen molar-refractivity contribution in [2.45, 2.75) is 51.1 Å². The smallest absolute Gasteiger partial charge is 0.305 e. The molecule has 0 aromatic carbocycles. The molecule has 0 heterocycles. The Kier molecular flexibility index (Phi) is 14.1. The number of carboxylic acids is 2. The number of rotatable bonds is 16. The van der Waals surface area contributed by atoms with Crippen LogP contribution in [0.4, 0.5) is 0 Å². The van der Waals surface area contributed by atoms with Crippen LogP contribution < -0.4 is 26.6 Å². The summed E-state index contributed by atoms with van der Waals surface area (Å²) in [5.74, 6) is -6.55. The van der Waals surface area contributed by atoms with Gasteiger partial charge in [0.15, 0.2) is 5.78 Å². The van der Waals surface area contributed by atoms with E-state index in [1.54, 1.807) is 13.8 Å². The van der Waals surface area contributed by atoms with Gasteiger partial charge in [0.1, 0.15) is 6.04 Å². The van der Waals surface area contributed by atoms with Crippen LogP contribution in [-0.2, 0) is 33.6 Å². The molecule has 0 aliphatic heterocycles. The molecule has 0 saturated carbocycles. The lowest BCUT2D eigenvalue weighted by molar-refractivity contribution is -0.142. The fourth-order valence-electron chi connectivity index (χ4n) is 2.33. The zero-order valence-corrected chi connectivity index (χ0v) is 19.9.